The zero-order valence-corrected chi connectivity index (χ0v) is 12.2. The molecule has 1 aromatic carbocycles. The fourth-order valence-electron chi connectivity index (χ4n) is 2.63. The van der Waals surface area contributed by atoms with Crippen LogP contribution in [0.25, 0.3) is 0 Å². The van der Waals surface area contributed by atoms with Gasteiger partial charge in [0.1, 0.15) is 16.2 Å². The molecule has 0 spiro atoms. The predicted octanol–water partition coefficient (Wildman–Crippen LogP) is 4.59. The van der Waals surface area contributed by atoms with Crippen molar-refractivity contribution in [1.29, 1.82) is 0 Å². The molecule has 2 unspecified atom stereocenters. The Morgan fingerprint density at radius 3 is 2.17 bits per heavy atom. The van der Waals surface area contributed by atoms with Gasteiger partial charge < -0.3 is 4.74 Å². The van der Waals surface area contributed by atoms with E-state index in [4.69, 9.17) is 34.4 Å². The van der Waals surface area contributed by atoms with Crippen LogP contribution in [-0.2, 0) is 0 Å². The van der Waals surface area contributed by atoms with E-state index in [9.17, 15) is 0 Å². The van der Waals surface area contributed by atoms with E-state index >= 15 is 0 Å². The molecule has 0 amide bonds. The fourth-order valence-corrected chi connectivity index (χ4v) is 3.91. The van der Waals surface area contributed by atoms with Crippen molar-refractivity contribution in [2.75, 3.05) is 0 Å². The first-order valence-corrected chi connectivity index (χ1v) is 6.64. The van der Waals surface area contributed by atoms with E-state index in [-0.39, 0.29) is 17.3 Å². The van der Waals surface area contributed by atoms with Crippen LogP contribution < -0.4 is 4.74 Å². The molecule has 0 bridgehead atoms. The minimum Gasteiger partial charge on any atom is -0.408 e. The number of hydrogen-bond donors (Lipinski definition) is 0. The lowest BCUT2D eigenvalue weighted by molar-refractivity contribution is 0.341. The fraction of sp³-hybridized carbons (Fsp3) is 0.467. The second kappa shape index (κ2) is 4.37. The Kier molecular flexibility index (Phi) is 3.30. The Labute approximate surface area is 118 Å². The van der Waals surface area contributed by atoms with Gasteiger partial charge in [-0.15, -0.1) is 23.2 Å². The van der Waals surface area contributed by atoms with Crippen molar-refractivity contribution in [3.63, 3.8) is 0 Å². The van der Waals surface area contributed by atoms with Crippen LogP contribution >= 0.6 is 23.2 Å². The van der Waals surface area contributed by atoms with Crippen molar-refractivity contribution in [3.05, 3.63) is 29.8 Å². The minimum atomic E-state index is -0.674. The monoisotopic (exact) mass is 282 g/mol. The first kappa shape index (κ1) is 13.6. The quantitative estimate of drug-likeness (QED) is 0.570. The third kappa shape index (κ3) is 2.32. The second-order valence-electron chi connectivity index (χ2n) is 5.78. The molecule has 1 nitrogen and oxygen atoms in total. The number of alkyl halides is 2. The molecule has 3 heteroatoms. The third-order valence-electron chi connectivity index (χ3n) is 3.40. The van der Waals surface area contributed by atoms with Gasteiger partial charge in [-0.2, -0.15) is 0 Å². The average Bonchev–Trinajstić information content (AvgIpc) is 2.83. The molecule has 0 radical (unpaired) electrons. The summed E-state index contributed by atoms with van der Waals surface area (Å²) in [5, 5.41) is 0. The molecule has 1 aliphatic rings. The molecule has 18 heavy (non-hydrogen) atoms. The van der Waals surface area contributed by atoms with Crippen LogP contribution in [0.5, 0.6) is 5.75 Å². The van der Waals surface area contributed by atoms with Crippen molar-refractivity contribution in [1.82, 2.24) is 0 Å². The van der Waals surface area contributed by atoms with Gasteiger partial charge in [0.2, 0.25) is 0 Å². The van der Waals surface area contributed by atoms with Crippen LogP contribution in [0, 0.1) is 23.9 Å². The topological polar surface area (TPSA) is 9.23 Å². The zero-order chi connectivity index (χ0) is 13.6. The van der Waals surface area contributed by atoms with Gasteiger partial charge in [-0.1, -0.05) is 39.3 Å². The Balaban J connectivity index is 2.21. The van der Waals surface area contributed by atoms with Gasteiger partial charge in [0.05, 0.1) is 0 Å². The maximum Gasteiger partial charge on any atom is 0.140 e. The van der Waals surface area contributed by atoms with Crippen LogP contribution in [-0.4, -0.2) is 4.33 Å². The summed E-state index contributed by atoms with van der Waals surface area (Å²) in [6.07, 6.45) is 7.22. The van der Waals surface area contributed by atoms with Gasteiger partial charge >= 0.3 is 0 Å². The van der Waals surface area contributed by atoms with E-state index in [0.29, 0.717) is 5.75 Å². The lowest BCUT2D eigenvalue weighted by Gasteiger charge is -2.18. The van der Waals surface area contributed by atoms with Gasteiger partial charge in [0.15, 0.2) is 0 Å². The molecule has 96 valence electrons. The number of ether oxygens (including phenoxy) is 1. The van der Waals surface area contributed by atoms with E-state index in [1.54, 1.807) is 0 Å². The van der Waals surface area contributed by atoms with Crippen molar-refractivity contribution in [2.24, 2.45) is 11.3 Å². The normalized spacial score (nSPS) is 25.3. The van der Waals surface area contributed by atoms with Crippen molar-refractivity contribution in [2.45, 2.75) is 31.0 Å². The molecule has 2 rings (SSSR count). The molecule has 0 N–H and O–H groups in total. The number of halogens is 2. The van der Waals surface area contributed by atoms with Crippen molar-refractivity contribution >= 4 is 23.2 Å². The van der Waals surface area contributed by atoms with Crippen molar-refractivity contribution in [3.8, 4) is 18.3 Å². The first-order valence-electron chi connectivity index (χ1n) is 5.88. The maximum atomic E-state index is 6.40. The van der Waals surface area contributed by atoms with Crippen LogP contribution in [0.15, 0.2) is 24.3 Å². The number of benzene rings is 1. The summed E-state index contributed by atoms with van der Waals surface area (Å²) in [7, 11) is 0. The molecular weight excluding hydrogens is 267 g/mol. The van der Waals surface area contributed by atoms with Gasteiger partial charge in [-0.3, -0.25) is 0 Å². The highest BCUT2D eigenvalue weighted by molar-refractivity contribution is 6.52. The van der Waals surface area contributed by atoms with Gasteiger partial charge in [-0.25, -0.2) is 0 Å². The molecule has 1 saturated carbocycles. The smallest absolute Gasteiger partial charge is 0.140 e. The van der Waals surface area contributed by atoms with Crippen LogP contribution in [0.4, 0.5) is 0 Å². The second-order valence-corrected chi connectivity index (χ2v) is 7.23. The van der Waals surface area contributed by atoms with Crippen LogP contribution in [0.1, 0.15) is 32.3 Å². The SMILES string of the molecule is C#COc1ccc(C2C(C(C)(C)C)C2(Cl)Cl)cc1. The summed E-state index contributed by atoms with van der Waals surface area (Å²) in [6.45, 7) is 6.48. The number of terminal acetylenes is 1. The molecule has 0 heterocycles. The van der Waals surface area contributed by atoms with E-state index in [1.165, 1.54) is 0 Å². The zero-order valence-electron chi connectivity index (χ0n) is 10.7. The molecular formula is C15H16Cl2O. The summed E-state index contributed by atoms with van der Waals surface area (Å²) in [5.41, 5.74) is 1.21. The summed E-state index contributed by atoms with van der Waals surface area (Å²) in [6, 6.07) is 7.64. The summed E-state index contributed by atoms with van der Waals surface area (Å²) < 4.78 is 4.30. The van der Waals surface area contributed by atoms with Gasteiger partial charge in [-0.05, 0) is 23.1 Å². The molecule has 1 fully saturated rings. The van der Waals surface area contributed by atoms with Crippen molar-refractivity contribution < 1.29 is 4.74 Å². The highest BCUT2D eigenvalue weighted by atomic mass is 35.5. The molecule has 2 atom stereocenters. The summed E-state index contributed by atoms with van der Waals surface area (Å²) in [5.74, 6) is 1.08. The first-order chi connectivity index (χ1) is 8.28. The molecule has 0 aliphatic heterocycles. The third-order valence-corrected chi connectivity index (χ3v) is 4.34. The Bertz CT molecular complexity index is 477. The van der Waals surface area contributed by atoms with E-state index in [1.807, 2.05) is 24.3 Å². The highest BCUT2D eigenvalue weighted by Crippen LogP contribution is 2.70. The lowest BCUT2D eigenvalue weighted by Crippen LogP contribution is -2.12. The molecule has 1 aliphatic carbocycles. The van der Waals surface area contributed by atoms with E-state index < -0.39 is 4.33 Å². The Hall–Kier alpha value is -0.840. The summed E-state index contributed by atoms with van der Waals surface area (Å²) >= 11 is 12.8. The molecule has 0 saturated heterocycles. The average molecular weight is 283 g/mol. The Morgan fingerprint density at radius 2 is 1.78 bits per heavy atom. The largest absolute Gasteiger partial charge is 0.408 e. The molecule has 1 aromatic rings. The summed E-state index contributed by atoms with van der Waals surface area (Å²) in [4.78, 5) is 0. The van der Waals surface area contributed by atoms with E-state index in [0.717, 1.165) is 5.56 Å². The van der Waals surface area contributed by atoms with Gasteiger partial charge in [0.25, 0.3) is 0 Å². The minimum absolute atomic E-state index is 0.0855. The molecule has 0 aromatic heterocycles. The van der Waals surface area contributed by atoms with E-state index in [2.05, 4.69) is 26.9 Å². The Morgan fingerprint density at radius 1 is 1.22 bits per heavy atom. The lowest BCUT2D eigenvalue weighted by atomic mass is 9.87. The van der Waals surface area contributed by atoms with Crippen LogP contribution in [0.3, 0.4) is 0 Å². The number of hydrogen-bond acceptors (Lipinski definition) is 1. The maximum absolute atomic E-state index is 6.40. The predicted molar refractivity (Wildman–Crippen MR) is 76.0 cm³/mol. The number of rotatable bonds is 2. The highest BCUT2D eigenvalue weighted by Gasteiger charge is 2.67. The van der Waals surface area contributed by atoms with Gasteiger partial charge in [0, 0.05) is 11.8 Å². The van der Waals surface area contributed by atoms with Crippen LogP contribution in [0.2, 0.25) is 0 Å². The standard InChI is InChI=1S/C15H16Cl2O/c1-5-18-11-8-6-10(7-9-11)12-13(14(2,3)4)15(12,16)17/h1,6-9,12-13H,2-4H3.